The molecule has 1 heterocycles. The van der Waals surface area contributed by atoms with E-state index < -0.39 is 5.97 Å². The highest BCUT2D eigenvalue weighted by molar-refractivity contribution is 9.13. The van der Waals surface area contributed by atoms with Gasteiger partial charge in [-0.15, -0.1) is 0 Å². The molecule has 9 heteroatoms. The third-order valence-electron chi connectivity index (χ3n) is 5.40. The quantitative estimate of drug-likeness (QED) is 0.286. The molecule has 36 heavy (non-hydrogen) atoms. The van der Waals surface area contributed by atoms with Crippen LogP contribution in [0.1, 0.15) is 35.3 Å². The van der Waals surface area contributed by atoms with E-state index in [1.54, 1.807) is 25.1 Å². The van der Waals surface area contributed by atoms with Crippen LogP contribution in [0.3, 0.4) is 0 Å². The molecule has 1 aliphatic rings. The first-order valence-corrected chi connectivity index (χ1v) is 12.6. The zero-order valence-electron chi connectivity index (χ0n) is 19.5. The number of benzene rings is 3. The molecule has 0 saturated heterocycles. The second kappa shape index (κ2) is 11.1. The van der Waals surface area contributed by atoms with Crippen molar-refractivity contribution in [3.05, 3.63) is 91.9 Å². The van der Waals surface area contributed by atoms with Crippen LogP contribution in [-0.4, -0.2) is 29.3 Å². The van der Waals surface area contributed by atoms with E-state index in [1.165, 1.54) is 17.1 Å². The molecule has 184 valence electrons. The first-order chi connectivity index (χ1) is 17.3. The highest BCUT2D eigenvalue weighted by Gasteiger charge is 2.29. The summed E-state index contributed by atoms with van der Waals surface area (Å²) in [6.07, 6.45) is 1.74. The van der Waals surface area contributed by atoms with Crippen LogP contribution in [0, 0.1) is 0 Å². The molecule has 1 N–H and O–H groups in total. The lowest BCUT2D eigenvalue weighted by molar-refractivity contribution is -0.114. The van der Waals surface area contributed by atoms with Gasteiger partial charge in [0.15, 0.2) is 11.5 Å². The molecule has 0 unspecified atom stereocenters. The standard InChI is InChI=1S/C27H22Br2N2O5/c1-3-35-22-14-19(23(28)24(29)25(22)36-15-17-7-5-4-6-8-17)13-21-16(2)30-31(26(21)32)20-11-9-18(10-12-20)27(33)34/h4-14H,3,15H2,1-2H3,(H,33,34)/b21-13-. The van der Waals surface area contributed by atoms with Crippen molar-refractivity contribution in [2.24, 2.45) is 5.10 Å². The summed E-state index contributed by atoms with van der Waals surface area (Å²) >= 11 is 7.24. The number of nitrogens with zero attached hydrogens (tertiary/aromatic N) is 2. The molecule has 3 aromatic rings. The second-order valence-corrected chi connectivity index (χ2v) is 9.43. The molecule has 0 radical (unpaired) electrons. The van der Waals surface area contributed by atoms with Gasteiger partial charge in [-0.05, 0) is 93.2 Å². The summed E-state index contributed by atoms with van der Waals surface area (Å²) in [5, 5.41) is 14.8. The molecule has 1 aliphatic heterocycles. The van der Waals surface area contributed by atoms with E-state index in [0.29, 0.717) is 56.2 Å². The Balaban J connectivity index is 1.65. The van der Waals surface area contributed by atoms with Crippen LogP contribution in [0.2, 0.25) is 0 Å². The number of amides is 1. The number of hydrogen-bond acceptors (Lipinski definition) is 5. The van der Waals surface area contributed by atoms with Gasteiger partial charge in [0.05, 0.1) is 33.6 Å². The molecule has 0 bridgehead atoms. The van der Waals surface area contributed by atoms with Crippen molar-refractivity contribution in [1.82, 2.24) is 0 Å². The molecule has 0 aliphatic carbocycles. The summed E-state index contributed by atoms with van der Waals surface area (Å²) in [6.45, 7) is 4.44. The van der Waals surface area contributed by atoms with Crippen molar-refractivity contribution in [2.45, 2.75) is 20.5 Å². The van der Waals surface area contributed by atoms with E-state index in [1.807, 2.05) is 43.3 Å². The number of aromatic carboxylic acids is 1. The number of carbonyl (C=O) groups is 2. The number of carboxylic acid groups (broad SMARTS) is 1. The Bertz CT molecular complexity index is 1370. The smallest absolute Gasteiger partial charge is 0.335 e. The Morgan fingerprint density at radius 3 is 2.39 bits per heavy atom. The molecule has 3 aromatic carbocycles. The van der Waals surface area contributed by atoms with Gasteiger partial charge in [-0.1, -0.05) is 30.3 Å². The Kier molecular flexibility index (Phi) is 7.91. The Labute approximate surface area is 225 Å². The number of halogens is 2. The summed E-state index contributed by atoms with van der Waals surface area (Å²) in [5.41, 5.74) is 3.28. The van der Waals surface area contributed by atoms with E-state index in [9.17, 15) is 9.59 Å². The number of hydrazone groups is 1. The number of carbonyl (C=O) groups excluding carboxylic acids is 1. The van der Waals surface area contributed by atoms with Crippen LogP contribution in [-0.2, 0) is 11.4 Å². The summed E-state index contributed by atoms with van der Waals surface area (Å²) in [5.74, 6) is -0.262. The molecule has 7 nitrogen and oxygen atoms in total. The molecule has 0 fully saturated rings. The van der Waals surface area contributed by atoms with Crippen LogP contribution in [0.15, 0.2) is 80.3 Å². The molecule has 1 amide bonds. The van der Waals surface area contributed by atoms with Gasteiger partial charge in [0, 0.05) is 4.47 Å². The minimum absolute atomic E-state index is 0.133. The Morgan fingerprint density at radius 2 is 1.75 bits per heavy atom. The fourth-order valence-corrected chi connectivity index (χ4v) is 4.54. The molecule has 4 rings (SSSR count). The minimum Gasteiger partial charge on any atom is -0.490 e. The third-order valence-corrected chi connectivity index (χ3v) is 7.55. The fraction of sp³-hybridized carbons (Fsp3) is 0.148. The lowest BCUT2D eigenvalue weighted by Crippen LogP contribution is -2.21. The van der Waals surface area contributed by atoms with Crippen molar-refractivity contribution in [3.63, 3.8) is 0 Å². The predicted molar refractivity (Wildman–Crippen MR) is 146 cm³/mol. The molecule has 0 aromatic heterocycles. The number of ether oxygens (including phenoxy) is 2. The van der Waals surface area contributed by atoms with Crippen LogP contribution in [0.25, 0.3) is 6.08 Å². The van der Waals surface area contributed by atoms with E-state index in [0.717, 1.165) is 5.56 Å². The van der Waals surface area contributed by atoms with Crippen LogP contribution in [0.5, 0.6) is 11.5 Å². The SMILES string of the molecule is CCOc1cc(/C=C2\C(=O)N(c3ccc(C(=O)O)cc3)N=C2C)c(Br)c(Br)c1OCc1ccccc1. The zero-order valence-corrected chi connectivity index (χ0v) is 22.7. The van der Waals surface area contributed by atoms with Gasteiger partial charge in [0.1, 0.15) is 6.61 Å². The van der Waals surface area contributed by atoms with Crippen molar-refractivity contribution >= 4 is 61.2 Å². The fourth-order valence-electron chi connectivity index (χ4n) is 3.60. The van der Waals surface area contributed by atoms with Crippen molar-refractivity contribution in [2.75, 3.05) is 11.6 Å². The topological polar surface area (TPSA) is 88.4 Å². The average Bonchev–Trinajstić information content (AvgIpc) is 3.16. The van der Waals surface area contributed by atoms with Gasteiger partial charge in [-0.2, -0.15) is 10.1 Å². The third kappa shape index (κ3) is 5.37. The lowest BCUT2D eigenvalue weighted by atomic mass is 10.1. The summed E-state index contributed by atoms with van der Waals surface area (Å²) in [6, 6.07) is 17.6. The number of hydrogen-bond donors (Lipinski definition) is 1. The van der Waals surface area contributed by atoms with E-state index >= 15 is 0 Å². The van der Waals surface area contributed by atoms with E-state index in [2.05, 4.69) is 37.0 Å². The largest absolute Gasteiger partial charge is 0.490 e. The molecule has 0 atom stereocenters. The number of anilines is 1. The van der Waals surface area contributed by atoms with Crippen molar-refractivity contribution in [1.29, 1.82) is 0 Å². The molecule has 0 spiro atoms. The summed E-state index contributed by atoms with van der Waals surface area (Å²) < 4.78 is 13.3. The van der Waals surface area contributed by atoms with Crippen molar-refractivity contribution < 1.29 is 24.2 Å². The van der Waals surface area contributed by atoms with Gasteiger partial charge in [-0.25, -0.2) is 4.79 Å². The molecule has 0 saturated carbocycles. The summed E-state index contributed by atoms with van der Waals surface area (Å²) in [4.78, 5) is 24.3. The first-order valence-electron chi connectivity index (χ1n) is 11.1. The van der Waals surface area contributed by atoms with Gasteiger partial charge in [0.2, 0.25) is 0 Å². The predicted octanol–water partition coefficient (Wildman–Crippen LogP) is 6.69. The number of carboxylic acids is 1. The summed E-state index contributed by atoms with van der Waals surface area (Å²) in [7, 11) is 0. The maximum Gasteiger partial charge on any atom is 0.335 e. The first kappa shape index (κ1) is 25.7. The number of rotatable bonds is 8. The molecular weight excluding hydrogens is 592 g/mol. The monoisotopic (exact) mass is 612 g/mol. The lowest BCUT2D eigenvalue weighted by Gasteiger charge is -2.17. The van der Waals surface area contributed by atoms with Gasteiger partial charge in [-0.3, -0.25) is 4.79 Å². The van der Waals surface area contributed by atoms with Crippen LogP contribution in [0.4, 0.5) is 5.69 Å². The highest BCUT2D eigenvalue weighted by atomic mass is 79.9. The Morgan fingerprint density at radius 1 is 1.06 bits per heavy atom. The van der Waals surface area contributed by atoms with Crippen LogP contribution >= 0.6 is 31.9 Å². The highest BCUT2D eigenvalue weighted by Crippen LogP contribution is 2.44. The second-order valence-electron chi connectivity index (χ2n) is 7.84. The van der Waals surface area contributed by atoms with E-state index in [-0.39, 0.29) is 11.5 Å². The maximum atomic E-state index is 13.2. The maximum absolute atomic E-state index is 13.2. The van der Waals surface area contributed by atoms with Gasteiger partial charge < -0.3 is 14.6 Å². The Hall–Kier alpha value is -3.43. The van der Waals surface area contributed by atoms with E-state index in [4.69, 9.17) is 14.6 Å². The van der Waals surface area contributed by atoms with Crippen LogP contribution < -0.4 is 14.5 Å². The minimum atomic E-state index is -1.04. The zero-order chi connectivity index (χ0) is 25.8. The van der Waals surface area contributed by atoms with Gasteiger partial charge >= 0.3 is 5.97 Å². The van der Waals surface area contributed by atoms with Gasteiger partial charge in [0.25, 0.3) is 5.91 Å². The molecular formula is C27H22Br2N2O5. The normalized spacial score (nSPS) is 14.2. The average molecular weight is 614 g/mol. The van der Waals surface area contributed by atoms with Crippen molar-refractivity contribution in [3.8, 4) is 11.5 Å².